The van der Waals surface area contributed by atoms with Gasteiger partial charge in [-0.1, -0.05) is 12.1 Å². The van der Waals surface area contributed by atoms with E-state index in [9.17, 15) is 50.3 Å². The maximum absolute atomic E-state index is 14.0. The summed E-state index contributed by atoms with van der Waals surface area (Å²) in [6.45, 7) is 6.36. The first-order valence-electron chi connectivity index (χ1n) is 17.4. The number of carbonyl (C=O) groups excluding carboxylic acids is 3. The molecule has 0 bridgehead atoms. The molecule has 8 atom stereocenters. The molecule has 2 aromatic carbocycles. The molecule has 0 aromatic heterocycles. The van der Waals surface area contributed by atoms with Crippen LogP contribution in [0.1, 0.15) is 89.6 Å². The number of methoxy groups -OCH3 is 1. The molecular weight excluding hydrogens is 694 g/mol. The Morgan fingerprint density at radius 2 is 1.83 bits per heavy atom. The van der Waals surface area contributed by atoms with Crippen LogP contribution in [0.5, 0.6) is 17.2 Å². The van der Waals surface area contributed by atoms with E-state index in [1.807, 2.05) is 0 Å². The van der Waals surface area contributed by atoms with E-state index >= 15 is 0 Å². The Bertz CT molecular complexity index is 1850. The van der Waals surface area contributed by atoms with Crippen molar-refractivity contribution < 1.29 is 64.0 Å². The number of nitriles is 1. The summed E-state index contributed by atoms with van der Waals surface area (Å²) in [4.78, 5) is 43.8. The summed E-state index contributed by atoms with van der Waals surface area (Å²) < 4.78 is 23.3. The number of amides is 1. The van der Waals surface area contributed by atoms with Crippen molar-refractivity contribution in [3.8, 4) is 23.3 Å². The summed E-state index contributed by atoms with van der Waals surface area (Å²) in [5.41, 5.74) is -4.35. The van der Waals surface area contributed by atoms with Crippen molar-refractivity contribution in [1.29, 1.82) is 5.26 Å². The standard InChI is InChI=1S/C37H45N3O13/c1-17-30(43)21(40-10-9-39(15-18(40)14-38)35(48)53-36(2,3)4)11-25(51-17)52-23-13-37(49,24(42)16-41)12-20-27(23)34(47)29-28(32(20)45)31(44)19-7-6-8-22(50-5)26(19)33(29)46/h6-8,17-18,21,23-25,30,41-43,45,47,49H,9-13,15-16H2,1-5H3/t17-,18?,21?,23-,24?,25-,30+,37-/m0/s1. The van der Waals surface area contributed by atoms with Crippen LogP contribution in [0.3, 0.4) is 0 Å². The van der Waals surface area contributed by atoms with Crippen LogP contribution in [0.25, 0.3) is 0 Å². The zero-order valence-electron chi connectivity index (χ0n) is 30.1. The number of phenolic OH excluding ortho intramolecular Hbond substituents is 2. The number of fused-ring (bicyclic) bond motifs is 3. The Morgan fingerprint density at radius 3 is 2.47 bits per heavy atom. The van der Waals surface area contributed by atoms with Crippen LogP contribution >= 0.6 is 0 Å². The van der Waals surface area contributed by atoms with Gasteiger partial charge in [0.25, 0.3) is 0 Å². The van der Waals surface area contributed by atoms with Crippen LogP contribution in [0.4, 0.5) is 4.79 Å². The van der Waals surface area contributed by atoms with Gasteiger partial charge in [-0.15, -0.1) is 0 Å². The van der Waals surface area contributed by atoms with Gasteiger partial charge in [0.15, 0.2) is 12.1 Å². The lowest BCUT2D eigenvalue weighted by Gasteiger charge is -2.49. The third kappa shape index (κ3) is 6.71. The molecule has 2 fully saturated rings. The normalized spacial score (nSPS) is 29.4. The van der Waals surface area contributed by atoms with Gasteiger partial charge in [-0.05, 0) is 33.8 Å². The van der Waals surface area contributed by atoms with Crippen molar-refractivity contribution in [2.24, 2.45) is 0 Å². The molecule has 286 valence electrons. The van der Waals surface area contributed by atoms with Gasteiger partial charge < -0.3 is 54.5 Å². The lowest BCUT2D eigenvalue weighted by atomic mass is 9.71. The summed E-state index contributed by atoms with van der Waals surface area (Å²) in [7, 11) is 1.32. The summed E-state index contributed by atoms with van der Waals surface area (Å²) in [5.74, 6) is -2.89. The summed E-state index contributed by atoms with van der Waals surface area (Å²) in [6, 6.07) is 5.01. The molecular formula is C37H45N3O13. The van der Waals surface area contributed by atoms with E-state index < -0.39 is 114 Å². The molecule has 0 spiro atoms. The number of ketones is 2. The number of aliphatic hydroxyl groups excluding tert-OH is 3. The average molecular weight is 740 g/mol. The quantitative estimate of drug-likeness (QED) is 0.195. The van der Waals surface area contributed by atoms with Gasteiger partial charge in [0.2, 0.25) is 5.78 Å². The zero-order chi connectivity index (χ0) is 38.7. The van der Waals surface area contributed by atoms with Gasteiger partial charge in [0.05, 0.1) is 66.9 Å². The first-order valence-corrected chi connectivity index (χ1v) is 17.4. The Kier molecular flexibility index (Phi) is 10.2. The molecule has 53 heavy (non-hydrogen) atoms. The Hall–Kier alpha value is -4.34. The first kappa shape index (κ1) is 38.4. The fourth-order valence-corrected chi connectivity index (χ4v) is 7.91. The third-order valence-electron chi connectivity index (χ3n) is 10.5. The molecule has 2 aromatic rings. The van der Waals surface area contributed by atoms with Crippen LogP contribution in [-0.4, -0.2) is 139 Å². The highest BCUT2D eigenvalue weighted by Gasteiger charge is 2.51. The molecule has 4 aliphatic rings. The van der Waals surface area contributed by atoms with Gasteiger partial charge in [-0.25, -0.2) is 4.79 Å². The summed E-state index contributed by atoms with van der Waals surface area (Å²) in [6.07, 6.45) is -7.88. The highest BCUT2D eigenvalue weighted by atomic mass is 16.7. The topological polar surface area (TPSA) is 240 Å². The van der Waals surface area contributed by atoms with Gasteiger partial charge in [0, 0.05) is 55.1 Å². The lowest BCUT2D eigenvalue weighted by molar-refractivity contribution is -0.264. The molecule has 16 nitrogen and oxygen atoms in total. The van der Waals surface area contributed by atoms with Gasteiger partial charge >= 0.3 is 6.09 Å². The molecule has 6 N–H and O–H groups in total. The van der Waals surface area contributed by atoms with E-state index in [0.29, 0.717) is 0 Å². The molecule has 2 aliphatic heterocycles. The van der Waals surface area contributed by atoms with Crippen molar-refractivity contribution in [3.63, 3.8) is 0 Å². The zero-order valence-corrected chi connectivity index (χ0v) is 30.1. The summed E-state index contributed by atoms with van der Waals surface area (Å²) in [5, 5.41) is 77.3. The highest BCUT2D eigenvalue weighted by molar-refractivity contribution is 6.31. The van der Waals surface area contributed by atoms with Crippen molar-refractivity contribution in [3.05, 3.63) is 51.6 Å². The minimum Gasteiger partial charge on any atom is -0.507 e. The maximum Gasteiger partial charge on any atom is 0.410 e. The van der Waals surface area contributed by atoms with E-state index in [4.69, 9.17) is 18.9 Å². The van der Waals surface area contributed by atoms with Crippen LogP contribution in [-0.2, 0) is 20.6 Å². The van der Waals surface area contributed by atoms with Crippen LogP contribution in [0.2, 0.25) is 0 Å². The lowest BCUT2D eigenvalue weighted by Crippen LogP contribution is -2.64. The highest BCUT2D eigenvalue weighted by Crippen LogP contribution is 2.53. The molecule has 3 unspecified atom stereocenters. The summed E-state index contributed by atoms with van der Waals surface area (Å²) >= 11 is 0. The predicted octanol–water partition coefficient (Wildman–Crippen LogP) is 1.28. The van der Waals surface area contributed by atoms with E-state index in [0.717, 1.165) is 0 Å². The van der Waals surface area contributed by atoms with Gasteiger partial charge in [0.1, 0.15) is 35.0 Å². The molecule has 1 amide bonds. The number of hydrogen-bond donors (Lipinski definition) is 6. The van der Waals surface area contributed by atoms with Gasteiger partial charge in [-0.3, -0.25) is 14.5 Å². The average Bonchev–Trinajstić information content (AvgIpc) is 3.11. The third-order valence-corrected chi connectivity index (χ3v) is 10.5. The molecule has 2 heterocycles. The second kappa shape index (κ2) is 14.1. The number of ether oxygens (including phenoxy) is 4. The van der Waals surface area contributed by atoms with E-state index in [2.05, 4.69) is 6.07 Å². The van der Waals surface area contributed by atoms with E-state index in [1.54, 1.807) is 32.6 Å². The van der Waals surface area contributed by atoms with Crippen molar-refractivity contribution >= 4 is 17.7 Å². The minimum atomic E-state index is -2.14. The SMILES string of the molecule is COc1cccc2c1C(=O)c1c(O)c3c(c(O)c1C2=O)C[C@@](O)(C(O)CO)C[C@@H]3O[C@H]1CC(N2CCN(C(=O)OC(C)(C)C)CC2C#N)[C@H](O)[C@H](C)O1. The number of phenols is 2. The van der Waals surface area contributed by atoms with Crippen LogP contribution < -0.4 is 4.74 Å². The number of carbonyl (C=O) groups is 3. The Morgan fingerprint density at radius 1 is 1.13 bits per heavy atom. The Labute approximate surface area is 305 Å². The fourth-order valence-electron chi connectivity index (χ4n) is 7.91. The minimum absolute atomic E-state index is 0.0103. The number of hydrogen-bond acceptors (Lipinski definition) is 15. The monoisotopic (exact) mass is 739 g/mol. The van der Waals surface area contributed by atoms with E-state index in [1.165, 1.54) is 30.2 Å². The van der Waals surface area contributed by atoms with E-state index in [-0.39, 0.29) is 54.1 Å². The largest absolute Gasteiger partial charge is 0.507 e. The number of aromatic hydroxyl groups is 2. The molecule has 0 saturated carbocycles. The fraction of sp³-hybridized carbons (Fsp3) is 0.568. The molecule has 2 saturated heterocycles. The number of rotatable bonds is 6. The molecule has 6 rings (SSSR count). The van der Waals surface area contributed by atoms with Crippen molar-refractivity contribution in [2.75, 3.05) is 33.4 Å². The second-order valence-corrected chi connectivity index (χ2v) is 15.1. The molecule has 2 aliphatic carbocycles. The number of aliphatic hydroxyl groups is 4. The Balaban J connectivity index is 1.35. The molecule has 0 radical (unpaired) electrons. The smallest absolute Gasteiger partial charge is 0.410 e. The maximum atomic E-state index is 14.0. The van der Waals surface area contributed by atoms with Crippen LogP contribution in [0, 0.1) is 11.3 Å². The van der Waals surface area contributed by atoms with Gasteiger partial charge in [-0.2, -0.15) is 5.26 Å². The van der Waals surface area contributed by atoms with Crippen LogP contribution in [0.15, 0.2) is 18.2 Å². The van der Waals surface area contributed by atoms with Crippen molar-refractivity contribution in [1.82, 2.24) is 9.80 Å². The number of nitrogens with zero attached hydrogens (tertiary/aromatic N) is 3. The molecule has 16 heteroatoms. The number of benzene rings is 2. The van der Waals surface area contributed by atoms with Crippen molar-refractivity contribution in [2.45, 2.75) is 101 Å². The predicted molar refractivity (Wildman–Crippen MR) is 182 cm³/mol. The number of piperazine rings is 1. The second-order valence-electron chi connectivity index (χ2n) is 15.1. The first-order chi connectivity index (χ1) is 24.9.